The van der Waals surface area contributed by atoms with E-state index < -0.39 is 5.97 Å². The monoisotopic (exact) mass is 361 g/mol. The first-order chi connectivity index (χ1) is 10.6. The van der Waals surface area contributed by atoms with E-state index >= 15 is 0 Å². The highest BCUT2D eigenvalue weighted by molar-refractivity contribution is 9.10. The van der Waals surface area contributed by atoms with Crippen molar-refractivity contribution >= 4 is 33.5 Å². The van der Waals surface area contributed by atoms with Gasteiger partial charge in [0.15, 0.2) is 6.61 Å². The van der Waals surface area contributed by atoms with Gasteiger partial charge in [-0.1, -0.05) is 28.1 Å². The Morgan fingerprint density at radius 3 is 2.68 bits per heavy atom. The summed E-state index contributed by atoms with van der Waals surface area (Å²) < 4.78 is 11.5. The van der Waals surface area contributed by atoms with Crippen LogP contribution in [0.25, 0.3) is 0 Å². The first-order valence-electron chi connectivity index (χ1n) is 6.62. The highest BCUT2D eigenvalue weighted by atomic mass is 79.9. The number of benzene rings is 2. The topological polar surface area (TPSA) is 55.8 Å². The number of nitrogens with zero attached hydrogens (tertiary/aromatic N) is 1. The zero-order chi connectivity index (χ0) is 15.5. The number of amides is 1. The fourth-order valence-electron chi connectivity index (χ4n) is 2.12. The molecule has 0 saturated heterocycles. The van der Waals surface area contributed by atoms with Crippen molar-refractivity contribution in [1.82, 2.24) is 0 Å². The number of ether oxygens (including phenoxy) is 2. The average molecular weight is 362 g/mol. The van der Waals surface area contributed by atoms with Gasteiger partial charge >= 0.3 is 5.97 Å². The maximum Gasteiger partial charge on any atom is 0.331 e. The number of fused-ring (bicyclic) bond motifs is 1. The molecule has 2 aromatic rings. The minimum Gasteiger partial charge on any atom is -0.482 e. The number of carbonyl (C=O) groups excluding carboxylic acids is 2. The summed E-state index contributed by atoms with van der Waals surface area (Å²) in [6, 6.07) is 14.0. The standard InChI is InChI=1S/C16H12BrNO4/c17-11-5-7-12(8-6-11)22-16(20)9-18-13-3-1-2-4-14(13)21-10-15(18)19/h1-8H,9-10H2. The van der Waals surface area contributed by atoms with Gasteiger partial charge in [-0.3, -0.25) is 9.69 Å². The molecule has 0 bridgehead atoms. The summed E-state index contributed by atoms with van der Waals surface area (Å²) >= 11 is 3.31. The summed E-state index contributed by atoms with van der Waals surface area (Å²) in [6.45, 7) is -0.238. The normalized spacial score (nSPS) is 13.3. The van der Waals surface area contributed by atoms with Gasteiger partial charge in [-0.25, -0.2) is 4.79 Å². The Morgan fingerprint density at radius 2 is 1.91 bits per heavy atom. The van der Waals surface area contributed by atoms with Gasteiger partial charge < -0.3 is 9.47 Å². The van der Waals surface area contributed by atoms with Crippen LogP contribution in [0, 0.1) is 0 Å². The van der Waals surface area contributed by atoms with Crippen molar-refractivity contribution in [1.29, 1.82) is 0 Å². The highest BCUT2D eigenvalue weighted by Crippen LogP contribution is 2.31. The van der Waals surface area contributed by atoms with E-state index in [4.69, 9.17) is 9.47 Å². The van der Waals surface area contributed by atoms with Gasteiger partial charge in [-0.05, 0) is 36.4 Å². The summed E-state index contributed by atoms with van der Waals surface area (Å²) in [4.78, 5) is 25.4. The Morgan fingerprint density at radius 1 is 1.18 bits per heavy atom. The molecule has 112 valence electrons. The van der Waals surface area contributed by atoms with Crippen molar-refractivity contribution in [3.63, 3.8) is 0 Å². The number of anilines is 1. The third kappa shape index (κ3) is 3.12. The third-order valence-corrected chi connectivity index (χ3v) is 3.67. The molecule has 1 amide bonds. The van der Waals surface area contributed by atoms with Crippen LogP contribution in [0.1, 0.15) is 0 Å². The van der Waals surface area contributed by atoms with Gasteiger partial charge in [0.1, 0.15) is 18.0 Å². The van der Waals surface area contributed by atoms with Gasteiger partial charge in [0, 0.05) is 4.47 Å². The summed E-state index contributed by atoms with van der Waals surface area (Å²) in [6.07, 6.45) is 0. The van der Waals surface area contributed by atoms with Gasteiger partial charge in [0.25, 0.3) is 5.91 Å². The van der Waals surface area contributed by atoms with E-state index in [1.807, 2.05) is 6.07 Å². The number of para-hydroxylation sites is 2. The van der Waals surface area contributed by atoms with E-state index in [0.29, 0.717) is 17.2 Å². The minimum atomic E-state index is -0.507. The summed E-state index contributed by atoms with van der Waals surface area (Å²) in [5.74, 6) is 0.236. The third-order valence-electron chi connectivity index (χ3n) is 3.14. The van der Waals surface area contributed by atoms with Crippen LogP contribution >= 0.6 is 15.9 Å². The van der Waals surface area contributed by atoms with Crippen molar-refractivity contribution in [3.8, 4) is 11.5 Å². The van der Waals surface area contributed by atoms with Gasteiger partial charge in [-0.15, -0.1) is 0 Å². The molecule has 0 radical (unpaired) electrons. The largest absolute Gasteiger partial charge is 0.482 e. The minimum absolute atomic E-state index is 0.0808. The lowest BCUT2D eigenvalue weighted by Gasteiger charge is -2.28. The maximum absolute atomic E-state index is 12.1. The van der Waals surface area contributed by atoms with Crippen LogP contribution in [0.4, 0.5) is 5.69 Å². The molecule has 22 heavy (non-hydrogen) atoms. The van der Waals surface area contributed by atoms with Crippen molar-refractivity contribution < 1.29 is 19.1 Å². The van der Waals surface area contributed by atoms with Crippen molar-refractivity contribution in [2.45, 2.75) is 0 Å². The quantitative estimate of drug-likeness (QED) is 0.623. The Bertz CT molecular complexity index is 714. The molecule has 1 aliphatic rings. The number of esters is 1. The molecule has 3 rings (SSSR count). The van der Waals surface area contributed by atoms with Crippen LogP contribution in [0.2, 0.25) is 0 Å². The van der Waals surface area contributed by atoms with Gasteiger partial charge in [0.2, 0.25) is 0 Å². The predicted octanol–water partition coefficient (Wildman–Crippen LogP) is 2.78. The fourth-order valence-corrected chi connectivity index (χ4v) is 2.39. The molecular formula is C16H12BrNO4. The number of hydrogen-bond donors (Lipinski definition) is 0. The zero-order valence-electron chi connectivity index (χ0n) is 11.5. The molecule has 1 heterocycles. The van der Waals surface area contributed by atoms with E-state index in [2.05, 4.69) is 15.9 Å². The molecule has 6 heteroatoms. The Hall–Kier alpha value is -2.34. The van der Waals surface area contributed by atoms with E-state index in [0.717, 1.165) is 4.47 Å². The fraction of sp³-hybridized carbons (Fsp3) is 0.125. The molecule has 5 nitrogen and oxygen atoms in total. The molecule has 0 N–H and O–H groups in total. The van der Waals surface area contributed by atoms with Crippen molar-refractivity contribution in [2.24, 2.45) is 0 Å². The highest BCUT2D eigenvalue weighted by Gasteiger charge is 2.27. The number of hydrogen-bond acceptors (Lipinski definition) is 4. The Labute approximate surface area is 135 Å². The van der Waals surface area contributed by atoms with E-state index in [1.165, 1.54) is 4.90 Å². The predicted molar refractivity (Wildman–Crippen MR) is 84.1 cm³/mol. The second-order valence-corrected chi connectivity index (χ2v) is 5.58. The lowest BCUT2D eigenvalue weighted by Crippen LogP contribution is -2.43. The SMILES string of the molecule is O=C(CN1C(=O)COc2ccccc21)Oc1ccc(Br)cc1. The average Bonchev–Trinajstić information content (AvgIpc) is 2.52. The molecule has 0 aliphatic carbocycles. The molecule has 0 aromatic heterocycles. The van der Waals surface area contributed by atoms with E-state index in [9.17, 15) is 9.59 Å². The molecule has 0 unspecified atom stereocenters. The van der Waals surface area contributed by atoms with Crippen molar-refractivity contribution in [3.05, 3.63) is 53.0 Å². The molecule has 0 fully saturated rings. The van der Waals surface area contributed by atoms with Crippen LogP contribution in [0.3, 0.4) is 0 Å². The molecule has 1 aliphatic heterocycles. The molecule has 0 spiro atoms. The molecule has 0 saturated carbocycles. The first kappa shape index (κ1) is 14.6. The number of halogens is 1. The molecule has 0 atom stereocenters. The maximum atomic E-state index is 12.1. The van der Waals surface area contributed by atoms with Crippen LogP contribution in [-0.2, 0) is 9.59 Å². The summed E-state index contributed by atoms with van der Waals surface area (Å²) in [5, 5.41) is 0. The zero-order valence-corrected chi connectivity index (χ0v) is 13.1. The van der Waals surface area contributed by atoms with Crippen LogP contribution in [0.15, 0.2) is 53.0 Å². The number of rotatable bonds is 3. The Kier molecular flexibility index (Phi) is 4.11. The first-order valence-corrected chi connectivity index (χ1v) is 7.41. The smallest absolute Gasteiger partial charge is 0.331 e. The second-order valence-electron chi connectivity index (χ2n) is 4.66. The summed E-state index contributed by atoms with van der Waals surface area (Å²) in [5.41, 5.74) is 0.575. The summed E-state index contributed by atoms with van der Waals surface area (Å²) in [7, 11) is 0. The van der Waals surface area contributed by atoms with Gasteiger partial charge in [-0.2, -0.15) is 0 Å². The number of carbonyl (C=O) groups is 2. The molecular weight excluding hydrogens is 350 g/mol. The van der Waals surface area contributed by atoms with Gasteiger partial charge in [0.05, 0.1) is 5.69 Å². The van der Waals surface area contributed by atoms with E-state index in [-0.39, 0.29) is 19.1 Å². The van der Waals surface area contributed by atoms with Crippen LogP contribution in [-0.4, -0.2) is 25.0 Å². The lowest BCUT2D eigenvalue weighted by atomic mass is 10.2. The van der Waals surface area contributed by atoms with E-state index in [1.54, 1.807) is 42.5 Å². The van der Waals surface area contributed by atoms with Crippen LogP contribution in [0.5, 0.6) is 11.5 Å². The Balaban J connectivity index is 1.73. The molecule has 2 aromatic carbocycles. The van der Waals surface area contributed by atoms with Crippen LogP contribution < -0.4 is 14.4 Å². The second kappa shape index (κ2) is 6.19. The van der Waals surface area contributed by atoms with Crippen molar-refractivity contribution in [2.75, 3.05) is 18.1 Å². The lowest BCUT2D eigenvalue weighted by molar-refractivity contribution is -0.134.